The molecule has 0 radical (unpaired) electrons. The van der Waals surface area contributed by atoms with Crippen molar-refractivity contribution in [2.45, 2.75) is 17.9 Å². The van der Waals surface area contributed by atoms with Gasteiger partial charge in [0.25, 0.3) is 11.6 Å². The standard InChI is InChI=1S/C33H24N4O6/c38-26-15-14-20(37(42)43)16-23(26)30(39)35-34-18-33-24-12-6-4-10-21(24)27(22-11-5-7-13-25(22)33)28-29(33)32(41)36(31(28)40)17-19-8-2-1-3-9-19/h1-16,18,27-29,38H,17H2,(H,35,39)/b34-18-/t27?,28-,29-,33?/m0/s1. The molecule has 0 aromatic heterocycles. The summed E-state index contributed by atoms with van der Waals surface area (Å²) in [6.45, 7) is 0.140. The summed E-state index contributed by atoms with van der Waals surface area (Å²) in [5, 5.41) is 25.7. The SMILES string of the molecule is O=C(N/N=C\C12c3ccccc3C(c3ccccc31)[C@@H]1C(=O)N(Cc3ccccc3)C(=O)[C@H]12)c1cc([N+](=O)[O-])ccc1O. The second-order valence-electron chi connectivity index (χ2n) is 10.9. The number of hydrazone groups is 1. The summed E-state index contributed by atoms with van der Waals surface area (Å²) >= 11 is 0. The van der Waals surface area contributed by atoms with Crippen molar-refractivity contribution in [3.63, 3.8) is 0 Å². The fraction of sp³-hybridized carbons (Fsp3) is 0.152. The number of non-ortho nitro benzene ring substituents is 1. The number of carbonyl (C=O) groups excluding carboxylic acids is 3. The van der Waals surface area contributed by atoms with E-state index in [0.29, 0.717) is 0 Å². The number of benzene rings is 4. The van der Waals surface area contributed by atoms with Gasteiger partial charge in [0.15, 0.2) is 0 Å². The van der Waals surface area contributed by atoms with Gasteiger partial charge in [0.05, 0.1) is 34.3 Å². The van der Waals surface area contributed by atoms with Gasteiger partial charge in [0, 0.05) is 24.3 Å². The number of aromatic hydroxyl groups is 1. The van der Waals surface area contributed by atoms with E-state index in [9.17, 15) is 29.6 Å². The molecule has 4 aliphatic rings. The van der Waals surface area contributed by atoms with Crippen LogP contribution in [-0.4, -0.2) is 38.9 Å². The average molecular weight is 573 g/mol. The summed E-state index contributed by atoms with van der Waals surface area (Å²) in [4.78, 5) is 53.3. The highest BCUT2D eigenvalue weighted by molar-refractivity contribution is 6.11. The molecule has 1 heterocycles. The number of phenolic OH excluding ortho intramolecular Hbond substituents is 1. The Morgan fingerprint density at radius 1 is 0.930 bits per heavy atom. The van der Waals surface area contributed by atoms with Crippen molar-refractivity contribution in [2.75, 3.05) is 0 Å². The lowest BCUT2D eigenvalue weighted by Gasteiger charge is -2.52. The average Bonchev–Trinajstić information content (AvgIpc) is 3.27. The number of hydrogen-bond acceptors (Lipinski definition) is 7. The third-order valence-corrected chi connectivity index (χ3v) is 8.83. The quantitative estimate of drug-likeness (QED) is 0.153. The van der Waals surface area contributed by atoms with E-state index >= 15 is 0 Å². The highest BCUT2D eigenvalue weighted by Crippen LogP contribution is 2.63. The molecule has 1 saturated heterocycles. The molecule has 3 aliphatic carbocycles. The van der Waals surface area contributed by atoms with Gasteiger partial charge in [0.2, 0.25) is 11.8 Å². The Morgan fingerprint density at radius 2 is 1.56 bits per heavy atom. The van der Waals surface area contributed by atoms with E-state index in [4.69, 9.17) is 0 Å². The lowest BCUT2D eigenvalue weighted by molar-refractivity contribution is -0.384. The Bertz CT molecular complexity index is 1820. The summed E-state index contributed by atoms with van der Waals surface area (Å²) < 4.78 is 0. The molecule has 0 unspecified atom stereocenters. The van der Waals surface area contributed by atoms with Crippen molar-refractivity contribution in [2.24, 2.45) is 16.9 Å². The van der Waals surface area contributed by atoms with Crippen LogP contribution in [0.15, 0.2) is 102 Å². The van der Waals surface area contributed by atoms with Crippen LogP contribution >= 0.6 is 0 Å². The number of nitrogens with one attached hydrogen (secondary N) is 1. The summed E-state index contributed by atoms with van der Waals surface area (Å²) in [5.74, 6) is -3.71. The third kappa shape index (κ3) is 3.79. The van der Waals surface area contributed by atoms with Crippen molar-refractivity contribution in [3.8, 4) is 5.75 Å². The first-order valence-corrected chi connectivity index (χ1v) is 13.7. The van der Waals surface area contributed by atoms with E-state index in [-0.39, 0.29) is 35.5 Å². The monoisotopic (exact) mass is 572 g/mol. The molecule has 2 atom stereocenters. The molecule has 3 amide bonds. The Morgan fingerprint density at radius 3 is 2.21 bits per heavy atom. The zero-order valence-corrected chi connectivity index (χ0v) is 22.6. The largest absolute Gasteiger partial charge is 0.507 e. The Hall–Kier alpha value is -5.64. The van der Waals surface area contributed by atoms with Gasteiger partial charge in [-0.05, 0) is 33.9 Å². The van der Waals surface area contributed by atoms with Gasteiger partial charge in [0.1, 0.15) is 5.75 Å². The Kier molecular flexibility index (Phi) is 5.94. The van der Waals surface area contributed by atoms with Crippen LogP contribution in [0.3, 0.4) is 0 Å². The maximum absolute atomic E-state index is 14.3. The Labute approximate surface area is 245 Å². The zero-order chi connectivity index (χ0) is 29.9. The number of carbonyl (C=O) groups is 3. The van der Waals surface area contributed by atoms with Crippen LogP contribution in [0, 0.1) is 22.0 Å². The van der Waals surface area contributed by atoms with Gasteiger partial charge >= 0.3 is 0 Å². The Balaban J connectivity index is 1.35. The fourth-order valence-electron chi connectivity index (χ4n) is 7.10. The minimum absolute atomic E-state index is 0.140. The van der Waals surface area contributed by atoms with Gasteiger partial charge in [-0.25, -0.2) is 5.43 Å². The molecule has 43 heavy (non-hydrogen) atoms. The lowest BCUT2D eigenvalue weighted by atomic mass is 9.47. The van der Waals surface area contributed by atoms with Crippen LogP contribution in [0.5, 0.6) is 5.75 Å². The highest BCUT2D eigenvalue weighted by atomic mass is 16.6. The smallest absolute Gasteiger partial charge is 0.275 e. The number of amides is 3. The first-order chi connectivity index (χ1) is 20.8. The van der Waals surface area contributed by atoms with Crippen LogP contribution in [-0.2, 0) is 21.5 Å². The molecule has 4 aromatic carbocycles. The molecule has 10 nitrogen and oxygen atoms in total. The van der Waals surface area contributed by atoms with Crippen molar-refractivity contribution >= 4 is 29.6 Å². The van der Waals surface area contributed by atoms with Crippen LogP contribution in [0.2, 0.25) is 0 Å². The zero-order valence-electron chi connectivity index (χ0n) is 22.6. The number of nitro groups is 1. The molecule has 2 N–H and O–H groups in total. The van der Waals surface area contributed by atoms with E-state index in [0.717, 1.165) is 46.0 Å². The van der Waals surface area contributed by atoms with Gasteiger partial charge in [-0.1, -0.05) is 78.9 Å². The molecule has 0 spiro atoms. The van der Waals surface area contributed by atoms with Crippen LogP contribution in [0.25, 0.3) is 0 Å². The molecule has 0 saturated carbocycles. The van der Waals surface area contributed by atoms with Crippen molar-refractivity contribution in [3.05, 3.63) is 141 Å². The number of hydrogen-bond donors (Lipinski definition) is 2. The molecule has 8 rings (SSSR count). The third-order valence-electron chi connectivity index (χ3n) is 8.83. The van der Waals surface area contributed by atoms with Gasteiger partial charge in [-0.15, -0.1) is 0 Å². The fourth-order valence-corrected chi connectivity index (χ4v) is 7.10. The van der Waals surface area contributed by atoms with Crippen molar-refractivity contribution in [1.82, 2.24) is 10.3 Å². The first kappa shape index (κ1) is 26.3. The molecule has 10 heteroatoms. The number of imide groups is 1. The van der Waals surface area contributed by atoms with Gasteiger partial charge in [-0.3, -0.25) is 29.4 Å². The van der Waals surface area contributed by atoms with Crippen LogP contribution in [0.1, 0.15) is 44.1 Å². The number of nitro benzene ring substituents is 1. The maximum atomic E-state index is 14.3. The number of nitrogens with zero attached hydrogens (tertiary/aromatic N) is 3. The van der Waals surface area contributed by atoms with Gasteiger partial charge < -0.3 is 5.11 Å². The minimum atomic E-state index is -1.19. The molecule has 1 fully saturated rings. The first-order valence-electron chi connectivity index (χ1n) is 13.7. The van der Waals surface area contributed by atoms with Crippen molar-refractivity contribution < 1.29 is 24.4 Å². The molecular weight excluding hydrogens is 548 g/mol. The molecule has 212 valence electrons. The summed E-state index contributed by atoms with van der Waals surface area (Å²) in [6, 6.07) is 27.8. The summed E-state index contributed by atoms with van der Waals surface area (Å²) in [7, 11) is 0. The minimum Gasteiger partial charge on any atom is -0.507 e. The van der Waals surface area contributed by atoms with Crippen molar-refractivity contribution in [1.29, 1.82) is 0 Å². The second kappa shape index (κ2) is 9.73. The van der Waals surface area contributed by atoms with Crippen LogP contribution < -0.4 is 5.43 Å². The lowest BCUT2D eigenvalue weighted by Crippen LogP contribution is -2.54. The maximum Gasteiger partial charge on any atom is 0.275 e. The molecule has 4 aromatic rings. The molecule has 1 aliphatic heterocycles. The topological polar surface area (TPSA) is 142 Å². The predicted octanol–water partition coefficient (Wildman–Crippen LogP) is 4.26. The number of likely N-dealkylation sites (tertiary alicyclic amines) is 1. The highest BCUT2D eigenvalue weighted by Gasteiger charge is 2.67. The van der Waals surface area contributed by atoms with E-state index in [1.54, 1.807) is 0 Å². The summed E-state index contributed by atoms with van der Waals surface area (Å²) in [5.41, 5.74) is 4.81. The van der Waals surface area contributed by atoms with E-state index in [1.165, 1.54) is 11.1 Å². The number of rotatable bonds is 6. The van der Waals surface area contributed by atoms with Gasteiger partial charge in [-0.2, -0.15) is 5.10 Å². The molecule has 2 bridgehead atoms. The van der Waals surface area contributed by atoms with Crippen LogP contribution in [0.4, 0.5) is 5.69 Å². The predicted molar refractivity (Wildman–Crippen MR) is 155 cm³/mol. The van der Waals surface area contributed by atoms with E-state index in [2.05, 4.69) is 10.5 Å². The normalized spacial score (nSPS) is 23.2. The van der Waals surface area contributed by atoms with E-state index in [1.807, 2.05) is 78.9 Å². The molecular formula is C33H24N4O6. The van der Waals surface area contributed by atoms with E-state index < -0.39 is 33.8 Å². The second-order valence-corrected chi connectivity index (χ2v) is 10.9. The summed E-state index contributed by atoms with van der Waals surface area (Å²) in [6.07, 6.45) is 1.50. The number of phenols is 1.